The van der Waals surface area contributed by atoms with Crippen LogP contribution in [0.2, 0.25) is 0 Å². The summed E-state index contributed by atoms with van der Waals surface area (Å²) in [5.41, 5.74) is 1.91. The summed E-state index contributed by atoms with van der Waals surface area (Å²) in [6.07, 6.45) is 4.31. The van der Waals surface area contributed by atoms with Gasteiger partial charge in [0.2, 0.25) is 0 Å². The van der Waals surface area contributed by atoms with Gasteiger partial charge in [0.25, 0.3) is 0 Å². The molecule has 2 amide bonds. The number of carbonyl (C=O) groups is 1. The predicted octanol–water partition coefficient (Wildman–Crippen LogP) is 3.25. The zero-order valence-electron chi connectivity index (χ0n) is 18.1. The number of nitriles is 1. The number of carbonyl (C=O) groups excluding carboxylic acids is 1. The molecule has 172 valence electrons. The second-order valence-electron chi connectivity index (χ2n) is 8.05. The number of ether oxygens (including phenoxy) is 1. The Morgan fingerprint density at radius 3 is 2.79 bits per heavy atom. The summed E-state index contributed by atoms with van der Waals surface area (Å²) < 4.78 is 35.6. The molecule has 0 N–H and O–H groups in total. The van der Waals surface area contributed by atoms with Gasteiger partial charge in [0.05, 0.1) is 48.3 Å². The van der Waals surface area contributed by atoms with Gasteiger partial charge in [-0.05, 0) is 29.8 Å². The summed E-state index contributed by atoms with van der Waals surface area (Å²) in [5, 5.41) is 18.6. The van der Waals surface area contributed by atoms with Crippen LogP contribution in [0.15, 0.2) is 47.8 Å². The Balaban J connectivity index is 1.25. The number of urea groups is 1. The maximum atomic E-state index is 14.3. The Labute approximate surface area is 193 Å². The fourth-order valence-electron chi connectivity index (χ4n) is 4.01. The number of hydrogen-bond donors (Lipinski definition) is 0. The molecule has 2 aliphatic rings. The summed E-state index contributed by atoms with van der Waals surface area (Å²) in [6, 6.07) is 8.31. The molecule has 9 nitrogen and oxygen atoms in total. The number of hydrogen-bond acceptors (Lipinski definition) is 6. The lowest BCUT2D eigenvalue weighted by molar-refractivity contribution is 0.0257. The third kappa shape index (κ3) is 3.94. The molecule has 0 radical (unpaired) electrons. The number of amides is 2. The number of likely N-dealkylation sites (tertiary alicyclic amines) is 1. The van der Waals surface area contributed by atoms with Crippen LogP contribution in [0.3, 0.4) is 0 Å². The van der Waals surface area contributed by atoms with Crippen molar-refractivity contribution in [3.63, 3.8) is 0 Å². The Bertz CT molecular complexity index is 1330. The lowest BCUT2D eigenvalue weighted by Gasteiger charge is -2.41. The second kappa shape index (κ2) is 8.55. The summed E-state index contributed by atoms with van der Waals surface area (Å²) >= 11 is 0. The molecule has 4 heterocycles. The van der Waals surface area contributed by atoms with E-state index in [9.17, 15) is 13.6 Å². The van der Waals surface area contributed by atoms with E-state index in [-0.39, 0.29) is 30.4 Å². The molecule has 1 unspecified atom stereocenters. The molecule has 1 saturated heterocycles. The standard InChI is InChI=1S/C23H19F2N7O2/c1-30-21(3-4-28-30)19-9-22(18(25)11-27-19)34-17-12-31(13-17)23(33)32-20(2-5-29-32)15-6-14(10-26)7-16(24)8-15/h3-9,11,17,20H,2,12-13H2,1H3. The van der Waals surface area contributed by atoms with Crippen molar-refractivity contribution >= 4 is 12.2 Å². The van der Waals surface area contributed by atoms with Gasteiger partial charge in [0.15, 0.2) is 11.6 Å². The number of aromatic nitrogens is 3. The van der Waals surface area contributed by atoms with E-state index < -0.39 is 23.8 Å². The van der Waals surface area contributed by atoms with Gasteiger partial charge in [-0.1, -0.05) is 0 Å². The SMILES string of the molecule is Cn1nccc1-c1cc(OC2CN(C(=O)N3N=CCC3c3cc(F)cc(C#N)c3)C2)c(F)cn1. The van der Waals surface area contributed by atoms with Crippen LogP contribution in [-0.4, -0.2) is 56.1 Å². The Morgan fingerprint density at radius 1 is 1.24 bits per heavy atom. The average molecular weight is 463 g/mol. The first-order chi connectivity index (χ1) is 16.4. The highest BCUT2D eigenvalue weighted by Crippen LogP contribution is 2.32. The third-order valence-electron chi connectivity index (χ3n) is 5.78. The van der Waals surface area contributed by atoms with Crippen LogP contribution in [0.4, 0.5) is 13.6 Å². The minimum Gasteiger partial charge on any atom is -0.483 e. The van der Waals surface area contributed by atoms with Crippen LogP contribution in [-0.2, 0) is 7.05 Å². The molecule has 1 fully saturated rings. The lowest BCUT2D eigenvalue weighted by Crippen LogP contribution is -2.58. The minimum atomic E-state index is -0.598. The van der Waals surface area contributed by atoms with Crippen molar-refractivity contribution in [3.8, 4) is 23.2 Å². The number of nitrogens with zero attached hydrogens (tertiary/aromatic N) is 7. The van der Waals surface area contributed by atoms with Crippen molar-refractivity contribution in [3.05, 3.63) is 65.5 Å². The monoisotopic (exact) mass is 463 g/mol. The zero-order valence-corrected chi connectivity index (χ0v) is 18.1. The quantitative estimate of drug-likeness (QED) is 0.592. The van der Waals surface area contributed by atoms with E-state index >= 15 is 0 Å². The van der Waals surface area contributed by atoms with Gasteiger partial charge in [0, 0.05) is 31.9 Å². The topological polar surface area (TPSA) is 99.6 Å². The molecular formula is C23H19F2N7O2. The zero-order chi connectivity index (χ0) is 23.8. The van der Waals surface area contributed by atoms with Crippen molar-refractivity contribution in [1.82, 2.24) is 24.7 Å². The van der Waals surface area contributed by atoms with E-state index in [1.54, 1.807) is 36.3 Å². The highest BCUT2D eigenvalue weighted by Gasteiger charge is 2.39. The second-order valence-corrected chi connectivity index (χ2v) is 8.05. The minimum absolute atomic E-state index is 0.0455. The van der Waals surface area contributed by atoms with Crippen LogP contribution in [0.25, 0.3) is 11.4 Å². The smallest absolute Gasteiger partial charge is 0.341 e. The molecule has 3 aromatic rings. The van der Waals surface area contributed by atoms with Crippen molar-refractivity contribution in [2.24, 2.45) is 12.1 Å². The third-order valence-corrected chi connectivity index (χ3v) is 5.78. The largest absolute Gasteiger partial charge is 0.483 e. The van der Waals surface area contributed by atoms with E-state index in [0.29, 0.717) is 23.4 Å². The van der Waals surface area contributed by atoms with Gasteiger partial charge < -0.3 is 9.64 Å². The molecule has 2 aliphatic heterocycles. The summed E-state index contributed by atoms with van der Waals surface area (Å²) in [5.74, 6) is -1.10. The molecule has 34 heavy (non-hydrogen) atoms. The molecule has 0 aliphatic carbocycles. The number of rotatable bonds is 4. The van der Waals surface area contributed by atoms with E-state index in [1.165, 1.54) is 22.0 Å². The fourth-order valence-corrected chi connectivity index (χ4v) is 4.01. The van der Waals surface area contributed by atoms with Crippen LogP contribution in [0.5, 0.6) is 5.75 Å². The maximum Gasteiger partial charge on any atom is 0.341 e. The van der Waals surface area contributed by atoms with Gasteiger partial charge in [0.1, 0.15) is 11.9 Å². The normalized spacial score (nSPS) is 17.5. The fraction of sp³-hybridized carbons (Fsp3) is 0.261. The average Bonchev–Trinajstić information content (AvgIpc) is 3.45. The van der Waals surface area contributed by atoms with Gasteiger partial charge in [-0.15, -0.1) is 0 Å². The number of aryl methyl sites for hydroxylation is 1. The summed E-state index contributed by atoms with van der Waals surface area (Å²) in [6.45, 7) is 0.486. The van der Waals surface area contributed by atoms with Gasteiger partial charge in [-0.2, -0.15) is 15.5 Å². The first-order valence-electron chi connectivity index (χ1n) is 10.5. The number of benzene rings is 1. The molecule has 5 rings (SSSR count). The van der Waals surface area contributed by atoms with Crippen LogP contribution < -0.4 is 4.74 Å². The van der Waals surface area contributed by atoms with E-state index in [4.69, 9.17) is 10.00 Å². The number of halogens is 2. The molecule has 0 saturated carbocycles. The number of hydrazone groups is 1. The Hall–Kier alpha value is -4.33. The Morgan fingerprint density at radius 2 is 2.06 bits per heavy atom. The van der Waals surface area contributed by atoms with Crippen LogP contribution >= 0.6 is 0 Å². The lowest BCUT2D eigenvalue weighted by atomic mass is 10.0. The predicted molar refractivity (Wildman–Crippen MR) is 117 cm³/mol. The molecule has 0 spiro atoms. The highest BCUT2D eigenvalue weighted by molar-refractivity contribution is 5.79. The van der Waals surface area contributed by atoms with Gasteiger partial charge >= 0.3 is 6.03 Å². The van der Waals surface area contributed by atoms with Crippen LogP contribution in [0, 0.1) is 23.0 Å². The van der Waals surface area contributed by atoms with Gasteiger partial charge in [-0.3, -0.25) is 9.67 Å². The first kappa shape index (κ1) is 21.5. The summed E-state index contributed by atoms with van der Waals surface area (Å²) in [7, 11) is 1.76. The maximum absolute atomic E-state index is 14.3. The Kier molecular flexibility index (Phi) is 5.41. The highest BCUT2D eigenvalue weighted by atomic mass is 19.1. The van der Waals surface area contributed by atoms with Crippen molar-refractivity contribution < 1.29 is 18.3 Å². The molecule has 2 aromatic heterocycles. The molecular weight excluding hydrogens is 444 g/mol. The molecule has 11 heteroatoms. The van der Waals surface area contributed by atoms with E-state index in [1.807, 2.05) is 6.07 Å². The van der Waals surface area contributed by atoms with Gasteiger partial charge in [-0.25, -0.2) is 18.6 Å². The molecule has 0 bridgehead atoms. The van der Waals surface area contributed by atoms with E-state index in [2.05, 4.69) is 15.2 Å². The van der Waals surface area contributed by atoms with Crippen molar-refractivity contribution in [1.29, 1.82) is 5.26 Å². The van der Waals surface area contributed by atoms with Crippen molar-refractivity contribution in [2.45, 2.75) is 18.6 Å². The summed E-state index contributed by atoms with van der Waals surface area (Å²) in [4.78, 5) is 18.6. The van der Waals surface area contributed by atoms with E-state index in [0.717, 1.165) is 12.3 Å². The molecule has 1 aromatic carbocycles. The number of pyridine rings is 1. The first-order valence-corrected chi connectivity index (χ1v) is 10.5. The van der Waals surface area contributed by atoms with Crippen molar-refractivity contribution in [2.75, 3.05) is 13.1 Å². The molecule has 1 atom stereocenters. The van der Waals surface area contributed by atoms with Crippen LogP contribution in [0.1, 0.15) is 23.6 Å².